The summed E-state index contributed by atoms with van der Waals surface area (Å²) in [4.78, 5) is 27.8. The SMILES string of the molecule is CC.Cc1ccccc1C(=O)c1cc2c(cc1Cc1ccccc1)c(=O)c1ccccc1n2-c1ccccc1. The van der Waals surface area contributed by atoms with E-state index in [-0.39, 0.29) is 11.2 Å². The third-order valence-electron chi connectivity index (χ3n) is 6.98. The summed E-state index contributed by atoms with van der Waals surface area (Å²) in [5.74, 6) is -0.0360. The van der Waals surface area contributed by atoms with E-state index in [1.165, 1.54) is 0 Å². The highest BCUT2D eigenvalue weighted by atomic mass is 16.1. The van der Waals surface area contributed by atoms with Crippen LogP contribution in [0, 0.1) is 6.92 Å². The monoisotopic (exact) mass is 509 g/mol. The lowest BCUT2D eigenvalue weighted by molar-refractivity contribution is 0.103. The molecule has 6 rings (SSSR count). The number of rotatable bonds is 5. The Morgan fingerprint density at radius 3 is 1.97 bits per heavy atom. The van der Waals surface area contributed by atoms with Crippen molar-refractivity contribution in [3.05, 3.63) is 159 Å². The minimum absolute atomic E-state index is 0.0259. The highest BCUT2D eigenvalue weighted by Crippen LogP contribution is 2.29. The summed E-state index contributed by atoms with van der Waals surface area (Å²) in [5, 5.41) is 1.26. The van der Waals surface area contributed by atoms with Gasteiger partial charge in [-0.2, -0.15) is 0 Å². The maximum Gasteiger partial charge on any atom is 0.197 e. The summed E-state index contributed by atoms with van der Waals surface area (Å²) in [6, 6.07) is 39.3. The molecule has 0 amide bonds. The molecule has 1 heterocycles. The van der Waals surface area contributed by atoms with Gasteiger partial charge in [0.15, 0.2) is 11.2 Å². The van der Waals surface area contributed by atoms with Gasteiger partial charge in [-0.3, -0.25) is 9.59 Å². The lowest BCUT2D eigenvalue weighted by atomic mass is 9.90. The predicted molar refractivity (Wildman–Crippen MR) is 162 cm³/mol. The van der Waals surface area contributed by atoms with Gasteiger partial charge < -0.3 is 4.57 Å². The number of para-hydroxylation sites is 2. The number of fused-ring (bicyclic) bond motifs is 2. The van der Waals surface area contributed by atoms with Gasteiger partial charge in [-0.15, -0.1) is 0 Å². The fourth-order valence-corrected chi connectivity index (χ4v) is 5.14. The second-order valence-corrected chi connectivity index (χ2v) is 9.35. The Morgan fingerprint density at radius 1 is 0.641 bits per heavy atom. The predicted octanol–water partition coefficient (Wildman–Crippen LogP) is 8.30. The second kappa shape index (κ2) is 11.3. The van der Waals surface area contributed by atoms with Crippen LogP contribution >= 0.6 is 0 Å². The Kier molecular flexibility index (Phi) is 7.51. The molecule has 0 spiro atoms. The van der Waals surface area contributed by atoms with Crippen LogP contribution in [0.3, 0.4) is 0 Å². The Bertz CT molecular complexity index is 1830. The Morgan fingerprint density at radius 2 is 1.26 bits per heavy atom. The molecule has 0 unspecified atom stereocenters. The molecule has 192 valence electrons. The van der Waals surface area contributed by atoms with Crippen molar-refractivity contribution in [3.8, 4) is 5.69 Å². The van der Waals surface area contributed by atoms with Crippen molar-refractivity contribution in [1.82, 2.24) is 4.57 Å². The van der Waals surface area contributed by atoms with Gasteiger partial charge in [0.25, 0.3) is 0 Å². The summed E-state index contributed by atoms with van der Waals surface area (Å²) in [7, 11) is 0. The van der Waals surface area contributed by atoms with Crippen LogP contribution in [0.2, 0.25) is 0 Å². The van der Waals surface area contributed by atoms with Crippen LogP contribution in [-0.4, -0.2) is 10.4 Å². The van der Waals surface area contributed by atoms with Crippen LogP contribution in [0.4, 0.5) is 0 Å². The number of carbonyl (C=O) groups is 1. The van der Waals surface area contributed by atoms with E-state index in [1.807, 2.05) is 130 Å². The van der Waals surface area contributed by atoms with E-state index >= 15 is 0 Å². The molecular formula is C36H31NO2. The van der Waals surface area contributed by atoms with Crippen molar-refractivity contribution >= 4 is 27.6 Å². The van der Waals surface area contributed by atoms with Gasteiger partial charge in [0.05, 0.1) is 11.0 Å². The number of hydrogen-bond donors (Lipinski definition) is 0. The van der Waals surface area contributed by atoms with Crippen LogP contribution < -0.4 is 5.43 Å². The van der Waals surface area contributed by atoms with Gasteiger partial charge in [0.2, 0.25) is 0 Å². The van der Waals surface area contributed by atoms with E-state index in [4.69, 9.17) is 0 Å². The van der Waals surface area contributed by atoms with Crippen LogP contribution in [0.1, 0.15) is 46.5 Å². The fraction of sp³-hybridized carbons (Fsp3) is 0.111. The smallest absolute Gasteiger partial charge is 0.197 e. The topological polar surface area (TPSA) is 39.1 Å². The van der Waals surface area contributed by atoms with Crippen molar-refractivity contribution in [1.29, 1.82) is 0 Å². The van der Waals surface area contributed by atoms with E-state index < -0.39 is 0 Å². The molecule has 0 bridgehead atoms. The van der Waals surface area contributed by atoms with Crippen LogP contribution in [0.5, 0.6) is 0 Å². The molecule has 0 atom stereocenters. The van der Waals surface area contributed by atoms with Crippen molar-refractivity contribution in [2.75, 3.05) is 0 Å². The second-order valence-electron chi connectivity index (χ2n) is 9.35. The number of benzene rings is 5. The first-order valence-electron chi connectivity index (χ1n) is 13.4. The van der Waals surface area contributed by atoms with E-state index in [0.717, 1.165) is 33.4 Å². The quantitative estimate of drug-likeness (QED) is 0.173. The Hall–Kier alpha value is -4.76. The largest absolute Gasteiger partial charge is 0.309 e. The first kappa shape index (κ1) is 25.9. The van der Waals surface area contributed by atoms with E-state index in [9.17, 15) is 9.59 Å². The average molecular weight is 510 g/mol. The molecule has 0 aliphatic carbocycles. The molecular weight excluding hydrogens is 478 g/mol. The van der Waals surface area contributed by atoms with E-state index in [1.54, 1.807) is 0 Å². The van der Waals surface area contributed by atoms with Crippen molar-refractivity contribution in [2.45, 2.75) is 27.2 Å². The third kappa shape index (κ3) is 4.92. The molecule has 0 saturated heterocycles. The molecule has 39 heavy (non-hydrogen) atoms. The van der Waals surface area contributed by atoms with Crippen LogP contribution in [0.15, 0.2) is 126 Å². The Balaban J connectivity index is 0.00000151. The normalized spacial score (nSPS) is 10.7. The van der Waals surface area contributed by atoms with Gasteiger partial charge in [0.1, 0.15) is 0 Å². The Labute approximate surface area is 229 Å². The summed E-state index contributed by atoms with van der Waals surface area (Å²) >= 11 is 0. The zero-order chi connectivity index (χ0) is 27.4. The number of carbonyl (C=O) groups excluding carboxylic acids is 1. The molecule has 1 aromatic heterocycles. The number of aromatic nitrogens is 1. The van der Waals surface area contributed by atoms with Gasteiger partial charge >= 0.3 is 0 Å². The fourth-order valence-electron chi connectivity index (χ4n) is 5.14. The molecule has 0 N–H and O–H groups in total. The molecule has 0 saturated carbocycles. The van der Waals surface area contributed by atoms with Crippen molar-refractivity contribution in [2.24, 2.45) is 0 Å². The molecule has 0 aliphatic rings. The molecule has 5 aromatic carbocycles. The first-order valence-corrected chi connectivity index (χ1v) is 13.4. The molecule has 3 nitrogen and oxygen atoms in total. The zero-order valence-electron chi connectivity index (χ0n) is 22.5. The van der Waals surface area contributed by atoms with Gasteiger partial charge in [0, 0.05) is 27.6 Å². The van der Waals surface area contributed by atoms with Crippen molar-refractivity contribution in [3.63, 3.8) is 0 Å². The van der Waals surface area contributed by atoms with Crippen molar-refractivity contribution < 1.29 is 4.79 Å². The minimum atomic E-state index is -0.0360. The first-order chi connectivity index (χ1) is 19.1. The molecule has 0 radical (unpaired) electrons. The number of pyridine rings is 1. The molecule has 3 heteroatoms. The van der Waals surface area contributed by atoms with Crippen LogP contribution in [-0.2, 0) is 6.42 Å². The number of ketones is 1. The summed E-state index contributed by atoms with van der Waals surface area (Å²) in [6.07, 6.45) is 0.557. The lowest BCUT2D eigenvalue weighted by Gasteiger charge is -2.18. The van der Waals surface area contributed by atoms with E-state index in [0.29, 0.717) is 28.3 Å². The molecule has 0 aliphatic heterocycles. The minimum Gasteiger partial charge on any atom is -0.309 e. The number of hydrogen-bond acceptors (Lipinski definition) is 2. The highest BCUT2D eigenvalue weighted by molar-refractivity contribution is 6.13. The summed E-state index contributed by atoms with van der Waals surface area (Å²) in [5.41, 5.74) is 6.60. The van der Waals surface area contributed by atoms with Gasteiger partial charge in [-0.25, -0.2) is 0 Å². The third-order valence-corrected chi connectivity index (χ3v) is 6.98. The van der Waals surface area contributed by atoms with Gasteiger partial charge in [-0.1, -0.05) is 98.8 Å². The van der Waals surface area contributed by atoms with Crippen LogP contribution in [0.25, 0.3) is 27.5 Å². The van der Waals surface area contributed by atoms with Gasteiger partial charge in [-0.05, 0) is 66.4 Å². The van der Waals surface area contributed by atoms with E-state index in [2.05, 4.69) is 16.7 Å². The molecule has 6 aromatic rings. The molecule has 0 fully saturated rings. The highest BCUT2D eigenvalue weighted by Gasteiger charge is 2.20. The maximum atomic E-state index is 14.0. The lowest BCUT2D eigenvalue weighted by Crippen LogP contribution is -2.14. The average Bonchev–Trinajstić information content (AvgIpc) is 2.99. The maximum absolute atomic E-state index is 14.0. The zero-order valence-corrected chi connectivity index (χ0v) is 22.5. The summed E-state index contributed by atoms with van der Waals surface area (Å²) < 4.78 is 2.09. The standard InChI is InChI=1S/C34H25NO2.C2H6/c1-23-12-8-9-17-27(23)33(36)29-22-32-30(21-25(29)20-24-13-4-2-5-14-24)34(37)28-18-10-11-19-31(28)35(32)26-15-6-3-7-16-26;1-2/h2-19,21-22H,20H2,1H3;1-2H3. The number of aryl methyl sites for hydroxylation is 1. The summed E-state index contributed by atoms with van der Waals surface area (Å²) in [6.45, 7) is 5.96. The number of nitrogens with zero attached hydrogens (tertiary/aromatic N) is 1.